The van der Waals surface area contributed by atoms with Crippen LogP contribution in [-0.4, -0.2) is 17.9 Å². The van der Waals surface area contributed by atoms with Crippen molar-refractivity contribution in [1.82, 2.24) is 5.32 Å². The Hall–Kier alpha value is -1.88. The second-order valence-electron chi connectivity index (χ2n) is 5.40. The summed E-state index contributed by atoms with van der Waals surface area (Å²) in [6.45, 7) is 0.701. The van der Waals surface area contributed by atoms with Crippen LogP contribution in [0.4, 0.5) is 0 Å². The number of hydrogen-bond acceptors (Lipinski definition) is 3. The molecule has 0 spiro atoms. The molecule has 0 aromatic heterocycles. The summed E-state index contributed by atoms with van der Waals surface area (Å²) in [6, 6.07) is 7.73. The van der Waals surface area contributed by atoms with Crippen molar-refractivity contribution in [1.29, 1.82) is 0 Å². The van der Waals surface area contributed by atoms with E-state index in [0.717, 1.165) is 31.2 Å². The molecule has 0 atom stereocenters. The minimum Gasteiger partial charge on any atom is -0.369 e. The molecule has 0 heterocycles. The van der Waals surface area contributed by atoms with Crippen molar-refractivity contribution >= 4 is 11.8 Å². The van der Waals surface area contributed by atoms with E-state index in [4.69, 9.17) is 11.5 Å². The maximum atomic E-state index is 11.1. The van der Waals surface area contributed by atoms with E-state index in [2.05, 4.69) is 5.32 Å². The Balaban J connectivity index is 1.83. The van der Waals surface area contributed by atoms with Gasteiger partial charge >= 0.3 is 0 Å². The first-order valence-corrected chi connectivity index (χ1v) is 6.97. The van der Waals surface area contributed by atoms with Crippen molar-refractivity contribution in [3.8, 4) is 0 Å². The van der Waals surface area contributed by atoms with Gasteiger partial charge in [0.2, 0.25) is 11.8 Å². The van der Waals surface area contributed by atoms with Crippen molar-refractivity contribution in [2.24, 2.45) is 17.4 Å². The number of nitrogens with two attached hydrogens (primary N) is 2. The molecular formula is C15H21N3O2. The lowest BCUT2D eigenvalue weighted by molar-refractivity contribution is -0.122. The molecule has 1 aromatic rings. The summed E-state index contributed by atoms with van der Waals surface area (Å²) < 4.78 is 0. The number of carbonyl (C=O) groups is 2. The lowest BCUT2D eigenvalue weighted by Crippen LogP contribution is -2.36. The molecule has 2 amide bonds. The van der Waals surface area contributed by atoms with Gasteiger partial charge in [-0.3, -0.25) is 9.59 Å². The number of nitrogens with one attached hydrogen (secondary N) is 1. The van der Waals surface area contributed by atoms with Gasteiger partial charge in [0.05, 0.1) is 0 Å². The summed E-state index contributed by atoms with van der Waals surface area (Å²) in [5, 5.41) is 3.46. The van der Waals surface area contributed by atoms with Crippen molar-refractivity contribution in [2.45, 2.75) is 38.3 Å². The third-order valence-electron chi connectivity index (χ3n) is 3.94. The molecule has 0 aliphatic heterocycles. The second-order valence-corrected chi connectivity index (χ2v) is 5.40. The Morgan fingerprint density at radius 3 is 2.45 bits per heavy atom. The monoisotopic (exact) mass is 275 g/mol. The van der Waals surface area contributed by atoms with Gasteiger partial charge in [0.25, 0.3) is 0 Å². The lowest BCUT2D eigenvalue weighted by Gasteiger charge is -2.27. The van der Waals surface area contributed by atoms with Crippen molar-refractivity contribution in [2.75, 3.05) is 0 Å². The molecule has 1 aliphatic rings. The minimum atomic E-state index is -0.409. The van der Waals surface area contributed by atoms with Crippen LogP contribution in [0, 0.1) is 5.92 Å². The van der Waals surface area contributed by atoms with Gasteiger partial charge in [-0.2, -0.15) is 0 Å². The Bertz CT molecular complexity index is 494. The van der Waals surface area contributed by atoms with Crippen molar-refractivity contribution in [3.05, 3.63) is 35.4 Å². The van der Waals surface area contributed by atoms with Gasteiger partial charge in [0.1, 0.15) is 0 Å². The van der Waals surface area contributed by atoms with Crippen molar-refractivity contribution < 1.29 is 9.59 Å². The molecule has 20 heavy (non-hydrogen) atoms. The van der Waals surface area contributed by atoms with Crippen LogP contribution in [0.15, 0.2) is 24.3 Å². The number of carbonyl (C=O) groups excluding carboxylic acids is 2. The number of hydrogen-bond donors (Lipinski definition) is 3. The van der Waals surface area contributed by atoms with Crippen LogP contribution in [0.3, 0.4) is 0 Å². The molecule has 1 aliphatic carbocycles. The molecule has 0 bridgehead atoms. The second kappa shape index (κ2) is 6.52. The Labute approximate surface area is 118 Å². The number of primary amides is 2. The number of rotatable bonds is 5. The zero-order valence-corrected chi connectivity index (χ0v) is 11.5. The summed E-state index contributed by atoms with van der Waals surface area (Å²) in [4.78, 5) is 22.2. The molecule has 1 saturated carbocycles. The van der Waals surface area contributed by atoms with Gasteiger partial charge < -0.3 is 16.8 Å². The fraction of sp³-hybridized carbons (Fsp3) is 0.467. The van der Waals surface area contributed by atoms with Gasteiger partial charge in [0, 0.05) is 24.1 Å². The van der Waals surface area contributed by atoms with E-state index in [9.17, 15) is 9.59 Å². The summed E-state index contributed by atoms with van der Waals surface area (Å²) in [7, 11) is 0. The predicted molar refractivity (Wildman–Crippen MR) is 76.7 cm³/mol. The molecule has 1 fully saturated rings. The average Bonchev–Trinajstić information content (AvgIpc) is 2.46. The molecule has 2 rings (SSSR count). The highest BCUT2D eigenvalue weighted by Crippen LogP contribution is 2.24. The lowest BCUT2D eigenvalue weighted by atomic mass is 9.85. The zero-order valence-electron chi connectivity index (χ0n) is 11.5. The average molecular weight is 275 g/mol. The standard InChI is InChI=1S/C15H21N3O2/c16-14(19)11-4-6-13(7-5-11)18-9-10-2-1-3-12(8-10)15(17)20/h1-3,8,11,13,18H,4-7,9H2,(H2,16,19)(H2,17,20). The molecule has 0 radical (unpaired) electrons. The van der Waals surface area contributed by atoms with Crippen LogP contribution < -0.4 is 16.8 Å². The fourth-order valence-electron chi connectivity index (χ4n) is 2.68. The summed E-state index contributed by atoms with van der Waals surface area (Å²) in [6.07, 6.45) is 3.63. The van der Waals surface area contributed by atoms with E-state index in [-0.39, 0.29) is 11.8 Å². The summed E-state index contributed by atoms with van der Waals surface area (Å²) >= 11 is 0. The molecular weight excluding hydrogens is 254 g/mol. The first-order valence-electron chi connectivity index (χ1n) is 6.97. The largest absolute Gasteiger partial charge is 0.369 e. The van der Waals surface area contributed by atoms with Crippen LogP contribution in [0.1, 0.15) is 41.6 Å². The van der Waals surface area contributed by atoms with Gasteiger partial charge in [-0.05, 0) is 43.4 Å². The zero-order chi connectivity index (χ0) is 14.5. The molecule has 5 heteroatoms. The van der Waals surface area contributed by atoms with Crippen LogP contribution in [0.5, 0.6) is 0 Å². The number of amides is 2. The maximum absolute atomic E-state index is 11.1. The normalized spacial score (nSPS) is 22.4. The van der Waals surface area contributed by atoms with E-state index in [1.807, 2.05) is 18.2 Å². The number of benzene rings is 1. The van der Waals surface area contributed by atoms with Crippen LogP contribution in [-0.2, 0) is 11.3 Å². The van der Waals surface area contributed by atoms with Crippen LogP contribution in [0.2, 0.25) is 0 Å². The first kappa shape index (κ1) is 14.5. The molecule has 0 saturated heterocycles. The third kappa shape index (κ3) is 3.81. The van der Waals surface area contributed by atoms with E-state index in [1.165, 1.54) is 0 Å². The predicted octanol–water partition coefficient (Wildman–Crippen LogP) is 0.919. The highest BCUT2D eigenvalue weighted by molar-refractivity contribution is 5.92. The summed E-state index contributed by atoms with van der Waals surface area (Å²) in [5.74, 6) is -0.558. The molecule has 5 nitrogen and oxygen atoms in total. The van der Waals surface area contributed by atoms with E-state index in [1.54, 1.807) is 6.07 Å². The smallest absolute Gasteiger partial charge is 0.248 e. The highest BCUT2D eigenvalue weighted by atomic mass is 16.1. The Morgan fingerprint density at radius 1 is 1.15 bits per heavy atom. The maximum Gasteiger partial charge on any atom is 0.248 e. The fourth-order valence-corrected chi connectivity index (χ4v) is 2.68. The van der Waals surface area contributed by atoms with Crippen LogP contribution in [0.25, 0.3) is 0 Å². The quantitative estimate of drug-likeness (QED) is 0.745. The molecule has 0 unspecified atom stereocenters. The van der Waals surface area contributed by atoms with Gasteiger partial charge in [-0.15, -0.1) is 0 Å². The Kier molecular flexibility index (Phi) is 4.74. The highest BCUT2D eigenvalue weighted by Gasteiger charge is 2.24. The third-order valence-corrected chi connectivity index (χ3v) is 3.94. The van der Waals surface area contributed by atoms with Gasteiger partial charge in [-0.25, -0.2) is 0 Å². The van der Waals surface area contributed by atoms with Gasteiger partial charge in [-0.1, -0.05) is 12.1 Å². The van der Waals surface area contributed by atoms with E-state index in [0.29, 0.717) is 18.2 Å². The molecule has 108 valence electrons. The topological polar surface area (TPSA) is 98.2 Å². The Morgan fingerprint density at radius 2 is 1.85 bits per heavy atom. The minimum absolute atomic E-state index is 0.0336. The SMILES string of the molecule is NC(=O)c1cccc(CNC2CCC(C(N)=O)CC2)c1. The van der Waals surface area contributed by atoms with Crippen molar-refractivity contribution in [3.63, 3.8) is 0 Å². The molecule has 5 N–H and O–H groups in total. The summed E-state index contributed by atoms with van der Waals surface area (Å²) in [5.41, 5.74) is 12.2. The van der Waals surface area contributed by atoms with E-state index < -0.39 is 5.91 Å². The molecule has 1 aromatic carbocycles. The van der Waals surface area contributed by atoms with Crippen LogP contribution >= 0.6 is 0 Å². The van der Waals surface area contributed by atoms with E-state index >= 15 is 0 Å². The first-order chi connectivity index (χ1) is 9.56. The van der Waals surface area contributed by atoms with Gasteiger partial charge in [0.15, 0.2) is 0 Å².